The number of phenolic OH excluding ortho intramolecular Hbond substituents is 1. The van der Waals surface area contributed by atoms with Crippen molar-refractivity contribution in [3.63, 3.8) is 0 Å². The highest BCUT2D eigenvalue weighted by Gasteiger charge is 1.97. The van der Waals surface area contributed by atoms with Gasteiger partial charge in [-0.3, -0.25) is 4.99 Å². The van der Waals surface area contributed by atoms with Gasteiger partial charge in [0.05, 0.1) is 5.69 Å². The van der Waals surface area contributed by atoms with Crippen LogP contribution in [0, 0.1) is 0 Å². The number of rotatable bonds is 2. The largest absolute Gasteiger partial charge is 0.507 e. The van der Waals surface area contributed by atoms with E-state index in [0.29, 0.717) is 0 Å². The third kappa shape index (κ3) is 2.51. The predicted molar refractivity (Wildman–Crippen MR) is 70.0 cm³/mol. The molecule has 2 aromatic rings. The molecule has 0 fully saturated rings. The summed E-state index contributed by atoms with van der Waals surface area (Å²) in [6, 6.07) is 15.1. The Hall–Kier alpha value is -2.03. The van der Waals surface area contributed by atoms with Crippen molar-refractivity contribution in [1.82, 2.24) is 0 Å². The van der Waals surface area contributed by atoms with Gasteiger partial charge in [-0.1, -0.05) is 35.8 Å². The lowest BCUT2D eigenvalue weighted by Gasteiger charge is -1.99. The number of aliphatic imine (C=N–C) groups is 1. The van der Waals surface area contributed by atoms with Gasteiger partial charge < -0.3 is 5.11 Å². The van der Waals surface area contributed by atoms with Crippen LogP contribution in [0.2, 0.25) is 0 Å². The molecule has 3 heteroatoms. The van der Waals surface area contributed by atoms with Gasteiger partial charge >= 0.3 is 0 Å². The fourth-order valence-corrected chi connectivity index (χ4v) is 1.44. The molecule has 0 aliphatic rings. The summed E-state index contributed by atoms with van der Waals surface area (Å²) in [5.74, 6) is 0.255. The average Bonchev–Trinajstić information content (AvgIpc) is 2.32. The van der Waals surface area contributed by atoms with E-state index >= 15 is 0 Å². The third-order valence-electron chi connectivity index (χ3n) is 2.29. The molecule has 0 saturated heterocycles. The Morgan fingerprint density at radius 3 is 2.56 bits per heavy atom. The van der Waals surface area contributed by atoms with Crippen LogP contribution in [0.5, 0.6) is 5.75 Å². The van der Waals surface area contributed by atoms with E-state index in [9.17, 15) is 5.11 Å². The molecule has 0 radical (unpaired) electrons. The minimum absolute atomic E-state index is 0.255. The van der Waals surface area contributed by atoms with Crippen LogP contribution in [0.4, 0.5) is 5.69 Å². The molecule has 0 heterocycles. The summed E-state index contributed by atoms with van der Waals surface area (Å²) in [5.41, 5.74) is 2.72. The van der Waals surface area contributed by atoms with Crippen LogP contribution in [-0.2, 0) is 0 Å². The van der Waals surface area contributed by atoms with Crippen molar-refractivity contribution in [3.8, 4) is 5.75 Å². The average molecular weight is 209 g/mol. The van der Waals surface area contributed by atoms with Crippen LogP contribution < -0.4 is 5.46 Å². The fourth-order valence-electron chi connectivity index (χ4n) is 1.44. The predicted octanol–water partition coefficient (Wildman–Crippen LogP) is 1.40. The Kier molecular flexibility index (Phi) is 3.06. The molecule has 2 aromatic carbocycles. The second-order valence-corrected chi connectivity index (χ2v) is 3.66. The van der Waals surface area contributed by atoms with Crippen molar-refractivity contribution in [2.45, 2.75) is 0 Å². The molecule has 0 amide bonds. The summed E-state index contributed by atoms with van der Waals surface area (Å²) in [5, 5.41) is 9.62. The Morgan fingerprint density at radius 2 is 1.81 bits per heavy atom. The summed E-state index contributed by atoms with van der Waals surface area (Å²) in [6.07, 6.45) is 1.68. The first-order chi connectivity index (χ1) is 7.75. The van der Waals surface area contributed by atoms with E-state index in [4.69, 9.17) is 0 Å². The van der Waals surface area contributed by atoms with Gasteiger partial charge in [0.2, 0.25) is 0 Å². The molecule has 2 nitrogen and oxygen atoms in total. The van der Waals surface area contributed by atoms with Crippen molar-refractivity contribution >= 4 is 25.2 Å². The molecule has 2 rings (SSSR count). The number of phenols is 1. The lowest BCUT2D eigenvalue weighted by atomic mass is 9.94. The number of benzene rings is 2. The minimum Gasteiger partial charge on any atom is -0.507 e. The first-order valence-electron chi connectivity index (χ1n) is 5.14. The van der Waals surface area contributed by atoms with E-state index in [0.717, 1.165) is 16.7 Å². The summed E-state index contributed by atoms with van der Waals surface area (Å²) in [6.45, 7) is 0. The van der Waals surface area contributed by atoms with Crippen LogP contribution in [0.1, 0.15) is 5.56 Å². The van der Waals surface area contributed by atoms with E-state index in [1.54, 1.807) is 12.3 Å². The van der Waals surface area contributed by atoms with Crippen LogP contribution in [0.25, 0.3) is 0 Å². The maximum Gasteiger partial charge on any atom is 0.139 e. The number of hydrogen-bond acceptors (Lipinski definition) is 2. The highest BCUT2D eigenvalue weighted by Crippen LogP contribution is 2.14. The smallest absolute Gasteiger partial charge is 0.139 e. The van der Waals surface area contributed by atoms with Crippen LogP contribution in [0.15, 0.2) is 53.5 Å². The quantitative estimate of drug-likeness (QED) is 0.588. The molecule has 0 atom stereocenters. The van der Waals surface area contributed by atoms with E-state index in [1.165, 1.54) is 0 Å². The van der Waals surface area contributed by atoms with Crippen LogP contribution in [-0.4, -0.2) is 19.2 Å². The number of aromatic hydroxyl groups is 1. The van der Waals surface area contributed by atoms with Crippen molar-refractivity contribution in [2.24, 2.45) is 4.99 Å². The Morgan fingerprint density at radius 1 is 1.06 bits per heavy atom. The van der Waals surface area contributed by atoms with Gasteiger partial charge in [0.1, 0.15) is 13.6 Å². The Bertz CT molecular complexity index is 509. The molecule has 0 aliphatic heterocycles. The molecule has 0 unspecified atom stereocenters. The van der Waals surface area contributed by atoms with Gasteiger partial charge in [-0.15, -0.1) is 0 Å². The molecule has 0 bridgehead atoms. The fraction of sp³-hybridized carbons (Fsp3) is 0. The topological polar surface area (TPSA) is 32.6 Å². The highest BCUT2D eigenvalue weighted by atomic mass is 16.3. The van der Waals surface area contributed by atoms with Crippen LogP contribution in [0.3, 0.4) is 0 Å². The van der Waals surface area contributed by atoms with Gasteiger partial charge in [0.15, 0.2) is 0 Å². The minimum atomic E-state index is 0.255. The third-order valence-corrected chi connectivity index (χ3v) is 2.29. The van der Waals surface area contributed by atoms with Crippen molar-refractivity contribution in [3.05, 3.63) is 54.1 Å². The standard InChI is InChI=1S/C13H12BNO/c14-11-6-7-13(16)10(8-11)9-15-12-4-2-1-3-5-12/h1-9,16H,14H2/b15-9+. The SMILES string of the molecule is Bc1ccc(O)c(/C=N/c2ccccc2)c1. The van der Waals surface area contributed by atoms with Gasteiger partial charge in [-0.05, 0) is 18.2 Å². The zero-order valence-corrected chi connectivity index (χ0v) is 9.09. The molecule has 0 saturated carbocycles. The zero-order valence-electron chi connectivity index (χ0n) is 9.09. The number of hydrogen-bond donors (Lipinski definition) is 1. The Labute approximate surface area is 95.7 Å². The zero-order chi connectivity index (χ0) is 11.4. The summed E-state index contributed by atoms with van der Waals surface area (Å²) >= 11 is 0. The monoisotopic (exact) mass is 209 g/mol. The van der Waals surface area contributed by atoms with Gasteiger partial charge in [0.25, 0.3) is 0 Å². The normalized spacial score (nSPS) is 10.8. The lowest BCUT2D eigenvalue weighted by Crippen LogP contribution is -2.02. The van der Waals surface area contributed by atoms with E-state index in [2.05, 4.69) is 4.99 Å². The lowest BCUT2D eigenvalue weighted by molar-refractivity contribution is 0.474. The van der Waals surface area contributed by atoms with Crippen LogP contribution >= 0.6 is 0 Å². The molecular weight excluding hydrogens is 197 g/mol. The maximum absolute atomic E-state index is 9.62. The summed E-state index contributed by atoms with van der Waals surface area (Å²) in [4.78, 5) is 4.29. The summed E-state index contributed by atoms with van der Waals surface area (Å²) < 4.78 is 0. The first-order valence-corrected chi connectivity index (χ1v) is 5.14. The molecule has 0 aliphatic carbocycles. The van der Waals surface area contributed by atoms with Crippen molar-refractivity contribution in [1.29, 1.82) is 0 Å². The number of para-hydroxylation sites is 1. The maximum atomic E-state index is 9.62. The van der Waals surface area contributed by atoms with Gasteiger partial charge in [-0.2, -0.15) is 0 Å². The van der Waals surface area contributed by atoms with Crippen molar-refractivity contribution < 1.29 is 5.11 Å². The molecule has 1 N–H and O–H groups in total. The Balaban J connectivity index is 2.27. The number of nitrogens with zero attached hydrogens (tertiary/aromatic N) is 1. The first kappa shape index (κ1) is 10.5. The second-order valence-electron chi connectivity index (χ2n) is 3.66. The van der Waals surface area contributed by atoms with Gasteiger partial charge in [-0.25, -0.2) is 0 Å². The van der Waals surface area contributed by atoms with Crippen molar-refractivity contribution in [2.75, 3.05) is 0 Å². The molecule has 78 valence electrons. The summed E-state index contributed by atoms with van der Waals surface area (Å²) in [7, 11) is 1.99. The molecular formula is C13H12BNO. The second kappa shape index (κ2) is 4.66. The van der Waals surface area contributed by atoms with E-state index in [1.807, 2.05) is 50.3 Å². The van der Waals surface area contributed by atoms with E-state index < -0.39 is 0 Å². The molecule has 0 spiro atoms. The molecule has 0 aromatic heterocycles. The molecule has 16 heavy (non-hydrogen) atoms. The van der Waals surface area contributed by atoms with Gasteiger partial charge in [0, 0.05) is 11.8 Å². The van der Waals surface area contributed by atoms with E-state index in [-0.39, 0.29) is 5.75 Å². The highest BCUT2D eigenvalue weighted by molar-refractivity contribution is 6.32.